The molecule has 2 aliphatic rings. The molecule has 2 heterocycles. The van der Waals surface area contributed by atoms with Crippen molar-refractivity contribution >= 4 is 23.2 Å². The maximum atomic E-state index is 13.0. The fraction of sp³-hybridized carbons (Fsp3) is 0.625. The van der Waals surface area contributed by atoms with Gasteiger partial charge in [0.05, 0.1) is 0 Å². The summed E-state index contributed by atoms with van der Waals surface area (Å²) in [6, 6.07) is -0.331. The average Bonchev–Trinajstić information content (AvgIpc) is 3.07. The molecule has 1 saturated heterocycles. The van der Waals surface area contributed by atoms with E-state index in [0.717, 1.165) is 31.2 Å². The van der Waals surface area contributed by atoms with Gasteiger partial charge in [0.2, 0.25) is 11.8 Å². The number of nitrogens with zero attached hydrogens (tertiary/aromatic N) is 1. The predicted molar refractivity (Wildman–Crippen MR) is 83.0 cm³/mol. The second-order valence-corrected chi connectivity index (χ2v) is 6.96. The highest BCUT2D eigenvalue weighted by atomic mass is 32.1. The first-order valence-electron chi connectivity index (χ1n) is 7.72. The van der Waals surface area contributed by atoms with Crippen LogP contribution < -0.4 is 5.32 Å². The molecule has 114 valence electrons. The van der Waals surface area contributed by atoms with Crippen molar-refractivity contribution in [2.45, 2.75) is 64.1 Å². The molecule has 1 atom stereocenters. The predicted octanol–water partition coefficient (Wildman–Crippen LogP) is 2.61. The smallest absolute Gasteiger partial charge is 0.249 e. The standard InChI is InChI=1S/C16H22N2O2S/c1-3-13-14(19)17-16(6-4-5-7-16)15(20)18(13)8-12-10-21-9-11(12)2/h9-10,13H,3-8H2,1-2H3,(H,17,19). The number of hydrogen-bond donors (Lipinski definition) is 1. The van der Waals surface area contributed by atoms with Crippen LogP contribution in [0.5, 0.6) is 0 Å². The monoisotopic (exact) mass is 306 g/mol. The second kappa shape index (κ2) is 5.44. The van der Waals surface area contributed by atoms with Gasteiger partial charge in [-0.1, -0.05) is 19.8 Å². The molecule has 2 amide bonds. The third-order valence-corrected chi connectivity index (χ3v) is 5.77. The first-order valence-corrected chi connectivity index (χ1v) is 8.66. The highest BCUT2D eigenvalue weighted by Crippen LogP contribution is 2.36. The summed E-state index contributed by atoms with van der Waals surface area (Å²) in [4.78, 5) is 27.3. The molecular weight excluding hydrogens is 284 g/mol. The van der Waals surface area contributed by atoms with Crippen molar-refractivity contribution in [2.75, 3.05) is 0 Å². The summed E-state index contributed by atoms with van der Waals surface area (Å²) in [6.45, 7) is 4.59. The number of rotatable bonds is 3. The molecule has 21 heavy (non-hydrogen) atoms. The summed E-state index contributed by atoms with van der Waals surface area (Å²) >= 11 is 1.65. The van der Waals surface area contributed by atoms with Gasteiger partial charge < -0.3 is 10.2 Å². The van der Waals surface area contributed by atoms with Crippen LogP contribution in [0, 0.1) is 6.92 Å². The van der Waals surface area contributed by atoms with E-state index in [4.69, 9.17) is 0 Å². The molecule has 1 saturated carbocycles. The van der Waals surface area contributed by atoms with Crippen LogP contribution in [0.25, 0.3) is 0 Å². The van der Waals surface area contributed by atoms with Crippen LogP contribution >= 0.6 is 11.3 Å². The normalized spacial score (nSPS) is 24.7. The summed E-state index contributed by atoms with van der Waals surface area (Å²) in [5.74, 6) is 0.143. The van der Waals surface area contributed by atoms with E-state index in [-0.39, 0.29) is 17.9 Å². The fourth-order valence-electron chi connectivity index (χ4n) is 3.57. The molecule has 0 bridgehead atoms. The number of hydrogen-bond acceptors (Lipinski definition) is 3. The minimum atomic E-state index is -0.618. The van der Waals surface area contributed by atoms with Crippen LogP contribution in [0.1, 0.15) is 50.2 Å². The highest BCUT2D eigenvalue weighted by molar-refractivity contribution is 7.08. The van der Waals surface area contributed by atoms with Crippen molar-refractivity contribution in [2.24, 2.45) is 0 Å². The van der Waals surface area contributed by atoms with Crippen molar-refractivity contribution in [1.29, 1.82) is 0 Å². The third kappa shape index (κ3) is 2.37. The summed E-state index contributed by atoms with van der Waals surface area (Å²) in [6.07, 6.45) is 4.28. The van der Waals surface area contributed by atoms with Crippen molar-refractivity contribution in [1.82, 2.24) is 10.2 Å². The topological polar surface area (TPSA) is 49.4 Å². The van der Waals surface area contributed by atoms with Gasteiger partial charge in [-0.15, -0.1) is 0 Å². The zero-order valence-corrected chi connectivity index (χ0v) is 13.5. The molecule has 0 radical (unpaired) electrons. The van der Waals surface area contributed by atoms with E-state index in [1.807, 2.05) is 11.8 Å². The van der Waals surface area contributed by atoms with Gasteiger partial charge in [-0.05, 0) is 48.1 Å². The largest absolute Gasteiger partial charge is 0.340 e. The Bertz CT molecular complexity index is 560. The lowest BCUT2D eigenvalue weighted by Gasteiger charge is -2.44. The minimum absolute atomic E-state index is 0.0203. The van der Waals surface area contributed by atoms with Crippen molar-refractivity contribution < 1.29 is 9.59 Å². The number of aryl methyl sites for hydroxylation is 1. The second-order valence-electron chi connectivity index (χ2n) is 6.22. The van der Waals surface area contributed by atoms with Gasteiger partial charge in [-0.3, -0.25) is 9.59 Å². The molecule has 1 unspecified atom stereocenters. The first kappa shape index (κ1) is 14.6. The molecule has 1 aliphatic heterocycles. The SMILES string of the molecule is CCC1C(=O)NC2(CCCC2)C(=O)N1Cc1cscc1C. The third-order valence-electron chi connectivity index (χ3n) is 4.86. The van der Waals surface area contributed by atoms with Crippen molar-refractivity contribution in [3.8, 4) is 0 Å². The zero-order valence-electron chi connectivity index (χ0n) is 12.6. The summed E-state index contributed by atoms with van der Waals surface area (Å²) in [7, 11) is 0. The van der Waals surface area contributed by atoms with Gasteiger partial charge in [0.25, 0.3) is 0 Å². The lowest BCUT2D eigenvalue weighted by Crippen LogP contribution is -2.69. The number of amides is 2. The molecule has 1 aromatic heterocycles. The highest BCUT2D eigenvalue weighted by Gasteiger charge is 2.51. The Labute approximate surface area is 129 Å². The van der Waals surface area contributed by atoms with E-state index in [9.17, 15) is 9.59 Å². The van der Waals surface area contributed by atoms with E-state index in [2.05, 4.69) is 23.0 Å². The molecular formula is C16H22N2O2S. The van der Waals surface area contributed by atoms with Gasteiger partial charge in [0.15, 0.2) is 0 Å². The summed E-state index contributed by atoms with van der Waals surface area (Å²) < 4.78 is 0. The van der Waals surface area contributed by atoms with Gasteiger partial charge >= 0.3 is 0 Å². The van der Waals surface area contributed by atoms with Gasteiger partial charge in [0, 0.05) is 6.54 Å². The Kier molecular flexibility index (Phi) is 3.78. The average molecular weight is 306 g/mol. The van der Waals surface area contributed by atoms with Crippen LogP contribution in [0.2, 0.25) is 0 Å². The van der Waals surface area contributed by atoms with Crippen LogP contribution in [0.3, 0.4) is 0 Å². The molecule has 2 fully saturated rings. The Morgan fingerprint density at radius 3 is 2.62 bits per heavy atom. The Hall–Kier alpha value is -1.36. The van der Waals surface area contributed by atoms with E-state index in [0.29, 0.717) is 13.0 Å². The lowest BCUT2D eigenvalue weighted by molar-refractivity contribution is -0.155. The van der Waals surface area contributed by atoms with Crippen LogP contribution in [0.4, 0.5) is 0 Å². The number of thiophene rings is 1. The van der Waals surface area contributed by atoms with Gasteiger partial charge in [0.1, 0.15) is 11.6 Å². The molecule has 4 nitrogen and oxygen atoms in total. The number of carbonyl (C=O) groups excluding carboxylic acids is 2. The number of carbonyl (C=O) groups is 2. The number of piperazine rings is 1. The summed E-state index contributed by atoms with van der Waals surface area (Å²) in [5, 5.41) is 7.22. The maximum absolute atomic E-state index is 13.0. The number of nitrogens with one attached hydrogen (secondary N) is 1. The van der Waals surface area contributed by atoms with Gasteiger partial charge in [-0.2, -0.15) is 11.3 Å². The maximum Gasteiger partial charge on any atom is 0.249 e. The van der Waals surface area contributed by atoms with Crippen molar-refractivity contribution in [3.05, 3.63) is 21.9 Å². The first-order chi connectivity index (χ1) is 10.1. The van der Waals surface area contributed by atoms with E-state index in [1.165, 1.54) is 5.56 Å². The quantitative estimate of drug-likeness (QED) is 0.933. The minimum Gasteiger partial charge on any atom is -0.340 e. The fourth-order valence-corrected chi connectivity index (χ4v) is 4.42. The molecule has 5 heteroatoms. The molecule has 3 rings (SSSR count). The molecule has 1 spiro atoms. The Morgan fingerprint density at radius 1 is 1.33 bits per heavy atom. The zero-order chi connectivity index (χ0) is 15.0. The van der Waals surface area contributed by atoms with Gasteiger partial charge in [-0.25, -0.2) is 0 Å². The molecule has 1 N–H and O–H groups in total. The van der Waals surface area contributed by atoms with Crippen LogP contribution in [0.15, 0.2) is 10.8 Å². The van der Waals surface area contributed by atoms with E-state index < -0.39 is 5.54 Å². The summed E-state index contributed by atoms with van der Waals surface area (Å²) in [5.41, 5.74) is 1.75. The van der Waals surface area contributed by atoms with Crippen molar-refractivity contribution in [3.63, 3.8) is 0 Å². The van der Waals surface area contributed by atoms with Crippen LogP contribution in [-0.4, -0.2) is 28.3 Å². The molecule has 1 aromatic rings. The van der Waals surface area contributed by atoms with E-state index >= 15 is 0 Å². The Morgan fingerprint density at radius 2 is 2.05 bits per heavy atom. The molecule has 1 aliphatic carbocycles. The van der Waals surface area contributed by atoms with E-state index in [1.54, 1.807) is 11.3 Å². The lowest BCUT2D eigenvalue weighted by atomic mass is 9.89. The van der Waals surface area contributed by atoms with Crippen LogP contribution in [-0.2, 0) is 16.1 Å². The molecule has 0 aromatic carbocycles. The Balaban J connectivity index is 1.91.